The Morgan fingerprint density at radius 2 is 1.88 bits per heavy atom. The zero-order valence-electron chi connectivity index (χ0n) is 19.0. The van der Waals surface area contributed by atoms with Crippen molar-refractivity contribution in [2.75, 3.05) is 7.05 Å². The molecule has 1 amide bonds. The van der Waals surface area contributed by atoms with Crippen molar-refractivity contribution in [2.24, 2.45) is 0 Å². The molecule has 8 nitrogen and oxygen atoms in total. The number of benzene rings is 1. The van der Waals surface area contributed by atoms with Crippen LogP contribution in [0.5, 0.6) is 0 Å². The van der Waals surface area contributed by atoms with Gasteiger partial charge in [-0.3, -0.25) is 14.4 Å². The van der Waals surface area contributed by atoms with E-state index in [1.54, 1.807) is 18.1 Å². The number of aliphatic hydroxyl groups excluding tert-OH is 3. The smallest absolute Gasteiger partial charge is 0.252 e. The molecule has 5 atom stereocenters. The molecular weight excluding hydrogens is 420 g/mol. The summed E-state index contributed by atoms with van der Waals surface area (Å²) in [5.74, 6) is -0.722. The fourth-order valence-corrected chi connectivity index (χ4v) is 4.60. The summed E-state index contributed by atoms with van der Waals surface area (Å²) in [4.78, 5) is 14.2. The van der Waals surface area contributed by atoms with E-state index in [1.165, 1.54) is 11.1 Å². The van der Waals surface area contributed by atoms with Crippen molar-refractivity contribution in [1.29, 1.82) is 0 Å². The van der Waals surface area contributed by atoms with Crippen molar-refractivity contribution in [3.8, 4) is 0 Å². The van der Waals surface area contributed by atoms with E-state index in [-0.39, 0.29) is 18.1 Å². The molecule has 1 aromatic heterocycles. The van der Waals surface area contributed by atoms with E-state index in [4.69, 9.17) is 0 Å². The third-order valence-corrected chi connectivity index (χ3v) is 6.75. The van der Waals surface area contributed by atoms with E-state index in [1.807, 2.05) is 54.2 Å². The molecule has 8 heteroatoms. The summed E-state index contributed by atoms with van der Waals surface area (Å²) < 4.78 is 1.87. The molecule has 2 aliphatic carbocycles. The van der Waals surface area contributed by atoms with Gasteiger partial charge in [-0.05, 0) is 56.0 Å². The molecule has 0 aliphatic heterocycles. The molecule has 2 aromatic rings. The third-order valence-electron chi connectivity index (χ3n) is 6.75. The van der Waals surface area contributed by atoms with Crippen LogP contribution < -0.4 is 5.32 Å². The molecule has 0 bridgehead atoms. The van der Waals surface area contributed by atoms with Crippen LogP contribution in [0.3, 0.4) is 0 Å². The highest BCUT2D eigenvalue weighted by molar-refractivity contribution is 5.81. The van der Waals surface area contributed by atoms with Gasteiger partial charge < -0.3 is 20.6 Å². The third kappa shape index (κ3) is 5.09. The number of carbonyl (C=O) groups excluding carboxylic acids is 1. The molecule has 0 saturated carbocycles. The minimum absolute atomic E-state index is 0.0125. The van der Waals surface area contributed by atoms with E-state index in [2.05, 4.69) is 22.5 Å². The van der Waals surface area contributed by atoms with Gasteiger partial charge in [-0.15, -0.1) is 0 Å². The number of aromatic nitrogens is 2. The highest BCUT2D eigenvalue weighted by atomic mass is 16.4. The first-order chi connectivity index (χ1) is 15.8. The first-order valence-electron chi connectivity index (χ1n) is 11.4. The largest absolute Gasteiger partial charge is 0.386 e. The highest BCUT2D eigenvalue weighted by Crippen LogP contribution is 2.26. The monoisotopic (exact) mass is 452 g/mol. The number of hydrogen-bond donors (Lipinski definition) is 4. The van der Waals surface area contributed by atoms with Gasteiger partial charge in [0, 0.05) is 18.4 Å². The fourth-order valence-electron chi connectivity index (χ4n) is 4.60. The van der Waals surface area contributed by atoms with E-state index in [0.29, 0.717) is 0 Å². The summed E-state index contributed by atoms with van der Waals surface area (Å²) in [6, 6.07) is 9.72. The number of carbonyl (C=O) groups is 1. The second-order valence-corrected chi connectivity index (χ2v) is 8.93. The number of rotatable bonds is 8. The lowest BCUT2D eigenvalue weighted by Crippen LogP contribution is -2.55. The van der Waals surface area contributed by atoms with Crippen molar-refractivity contribution in [3.05, 3.63) is 77.7 Å². The average molecular weight is 453 g/mol. The number of hydrogen-bond acceptors (Lipinski definition) is 6. The van der Waals surface area contributed by atoms with Gasteiger partial charge in [0.25, 0.3) is 5.91 Å². The van der Waals surface area contributed by atoms with Gasteiger partial charge >= 0.3 is 0 Å². The molecule has 1 heterocycles. The number of nitrogens with one attached hydrogen (secondary N) is 1. The quantitative estimate of drug-likeness (QED) is 0.444. The fraction of sp³-hybridized carbons (Fsp3) is 0.440. The van der Waals surface area contributed by atoms with Crippen molar-refractivity contribution >= 4 is 5.91 Å². The van der Waals surface area contributed by atoms with E-state index in [9.17, 15) is 20.1 Å². The first-order valence-corrected chi connectivity index (χ1v) is 11.4. The summed E-state index contributed by atoms with van der Waals surface area (Å²) in [5.41, 5.74) is 3.34. The molecule has 176 valence electrons. The second kappa shape index (κ2) is 10.0. The number of allylic oxidation sites excluding steroid dienone is 2. The van der Waals surface area contributed by atoms with Gasteiger partial charge in [0.1, 0.15) is 12.3 Å². The maximum Gasteiger partial charge on any atom is 0.252 e. The maximum absolute atomic E-state index is 12.6. The number of fused-ring (bicyclic) bond motifs is 1. The minimum atomic E-state index is -1.75. The first kappa shape index (κ1) is 23.4. The van der Waals surface area contributed by atoms with Gasteiger partial charge in [0.15, 0.2) is 6.10 Å². The SMILES string of the molecule is C[C@@H](NC(=O)[C@H](O)[C@@H](O)C(O)N(C)C1Cc2ccccc2C1)C1=CCC(n2cccn2)C=C1. The predicted molar refractivity (Wildman–Crippen MR) is 124 cm³/mol. The topological polar surface area (TPSA) is 111 Å². The molecule has 0 radical (unpaired) electrons. The molecule has 33 heavy (non-hydrogen) atoms. The molecular formula is C25H32N4O4. The van der Waals surface area contributed by atoms with Gasteiger partial charge in [0.05, 0.1) is 12.1 Å². The normalized spacial score (nSPS) is 21.9. The van der Waals surface area contributed by atoms with Crippen LogP contribution in [0, 0.1) is 0 Å². The molecule has 2 unspecified atom stereocenters. The number of amides is 1. The Balaban J connectivity index is 1.29. The van der Waals surface area contributed by atoms with Gasteiger partial charge in [0.2, 0.25) is 0 Å². The van der Waals surface area contributed by atoms with Crippen molar-refractivity contribution < 1.29 is 20.1 Å². The Morgan fingerprint density at radius 1 is 1.18 bits per heavy atom. The minimum Gasteiger partial charge on any atom is -0.386 e. The lowest BCUT2D eigenvalue weighted by molar-refractivity contribution is -0.155. The lowest BCUT2D eigenvalue weighted by atomic mass is 9.98. The summed E-state index contributed by atoms with van der Waals surface area (Å²) in [7, 11) is 1.70. The van der Waals surface area contributed by atoms with Crippen LogP contribution in [0.15, 0.2) is 66.5 Å². The van der Waals surface area contributed by atoms with Crippen LogP contribution in [-0.4, -0.2) is 73.5 Å². The lowest BCUT2D eigenvalue weighted by Gasteiger charge is -2.34. The van der Waals surface area contributed by atoms with E-state index in [0.717, 1.165) is 24.8 Å². The Bertz CT molecular complexity index is 994. The van der Waals surface area contributed by atoms with Crippen molar-refractivity contribution in [2.45, 2.75) is 62.7 Å². The molecule has 4 N–H and O–H groups in total. The molecule has 4 rings (SSSR count). The molecule has 0 spiro atoms. The van der Waals surface area contributed by atoms with Gasteiger partial charge in [-0.1, -0.05) is 42.5 Å². The Labute approximate surface area is 193 Å². The van der Waals surface area contributed by atoms with Crippen LogP contribution in [-0.2, 0) is 17.6 Å². The van der Waals surface area contributed by atoms with Crippen LogP contribution >= 0.6 is 0 Å². The molecule has 2 aliphatic rings. The average Bonchev–Trinajstić information content (AvgIpc) is 3.52. The van der Waals surface area contributed by atoms with Crippen LogP contribution in [0.2, 0.25) is 0 Å². The van der Waals surface area contributed by atoms with Gasteiger partial charge in [-0.25, -0.2) is 0 Å². The summed E-state index contributed by atoms with van der Waals surface area (Å²) in [5, 5.41) is 38.6. The molecule has 0 fully saturated rings. The number of aliphatic hydroxyl groups is 3. The van der Waals surface area contributed by atoms with E-state index >= 15 is 0 Å². The van der Waals surface area contributed by atoms with E-state index < -0.39 is 24.3 Å². The standard InChI is InChI=1S/C25H32N4O4/c1-16(17-8-10-20(11-9-17)29-13-5-12-26-29)27-24(32)22(30)23(31)25(33)28(2)21-14-18-6-3-4-7-19(18)15-21/h3-10,12-13,16,20-23,25,30-31,33H,11,14-15H2,1-2H3,(H,27,32)/t16-,20?,22-,23-,25?/m1/s1. The Morgan fingerprint density at radius 3 is 2.45 bits per heavy atom. The van der Waals surface area contributed by atoms with Crippen LogP contribution in [0.25, 0.3) is 0 Å². The number of nitrogens with zero attached hydrogens (tertiary/aromatic N) is 3. The van der Waals surface area contributed by atoms with Crippen LogP contribution in [0.4, 0.5) is 0 Å². The van der Waals surface area contributed by atoms with Gasteiger partial charge in [-0.2, -0.15) is 5.10 Å². The zero-order valence-corrected chi connectivity index (χ0v) is 19.0. The summed E-state index contributed by atoms with van der Waals surface area (Å²) in [6.45, 7) is 1.82. The second-order valence-electron chi connectivity index (χ2n) is 8.93. The van der Waals surface area contributed by atoms with Crippen molar-refractivity contribution in [3.63, 3.8) is 0 Å². The number of likely N-dealkylation sites (N-methyl/N-ethyl adjacent to an activating group) is 1. The Kier molecular flexibility index (Phi) is 7.09. The molecule has 1 aromatic carbocycles. The maximum atomic E-state index is 12.6. The zero-order chi connectivity index (χ0) is 23.5. The van der Waals surface area contributed by atoms with Crippen molar-refractivity contribution in [1.82, 2.24) is 20.0 Å². The Hall–Kier alpha value is -2.78. The predicted octanol–water partition coefficient (Wildman–Crippen LogP) is 0.955. The summed E-state index contributed by atoms with van der Waals surface area (Å²) >= 11 is 0. The highest BCUT2D eigenvalue weighted by Gasteiger charge is 2.37. The van der Waals surface area contributed by atoms with Crippen LogP contribution in [0.1, 0.15) is 30.5 Å². The molecule has 0 saturated heterocycles. The summed E-state index contributed by atoms with van der Waals surface area (Å²) in [6.07, 6.45) is 7.11.